The van der Waals surface area contributed by atoms with Crippen LogP contribution in [0, 0.1) is 0 Å². The number of hydrogen-bond acceptors (Lipinski definition) is 4. The van der Waals surface area contributed by atoms with Gasteiger partial charge in [0.05, 0.1) is 12.2 Å². The second kappa shape index (κ2) is 7.77. The molecule has 0 bridgehead atoms. The number of ether oxygens (including phenoxy) is 1. The second-order valence-electron chi connectivity index (χ2n) is 4.89. The van der Waals surface area contributed by atoms with Crippen LogP contribution in [-0.2, 0) is 0 Å². The Morgan fingerprint density at radius 1 is 1.04 bits per heavy atom. The first-order valence-electron chi connectivity index (χ1n) is 7.51. The van der Waals surface area contributed by atoms with Gasteiger partial charge in [0.25, 0.3) is 5.95 Å². The average molecular weight is 323 g/mol. The van der Waals surface area contributed by atoms with Crippen LogP contribution in [0.15, 0.2) is 67.0 Å². The lowest BCUT2D eigenvalue weighted by Crippen LogP contribution is -2.32. The molecule has 1 aromatic heterocycles. The lowest BCUT2D eigenvalue weighted by atomic mass is 10.3. The Hall–Kier alpha value is -3.35. The van der Waals surface area contributed by atoms with Crippen molar-refractivity contribution in [3.8, 4) is 11.4 Å². The van der Waals surface area contributed by atoms with E-state index in [1.807, 2.05) is 60.7 Å². The Labute approximate surface area is 139 Å². The molecule has 0 radical (unpaired) electrons. The summed E-state index contributed by atoms with van der Waals surface area (Å²) in [6, 6.07) is 18.6. The molecule has 7 nitrogen and oxygen atoms in total. The number of carbonyl (C=O) groups excluding carboxylic acids is 1. The fourth-order valence-corrected chi connectivity index (χ4v) is 2.02. The van der Waals surface area contributed by atoms with Crippen LogP contribution in [0.25, 0.3) is 5.69 Å². The highest BCUT2D eigenvalue weighted by Gasteiger charge is 2.06. The maximum atomic E-state index is 11.8. The van der Waals surface area contributed by atoms with E-state index >= 15 is 0 Å². The van der Waals surface area contributed by atoms with Crippen LogP contribution in [0.4, 0.5) is 10.7 Å². The number of carbonyl (C=O) groups is 1. The number of para-hydroxylation sites is 2. The van der Waals surface area contributed by atoms with E-state index in [9.17, 15) is 4.79 Å². The molecule has 2 N–H and O–H groups in total. The van der Waals surface area contributed by atoms with Crippen molar-refractivity contribution in [2.45, 2.75) is 0 Å². The standard InChI is InChI=1S/C17H17N5O2/c23-17(18-11-12-24-15-9-5-2-6-10-15)20-16-19-13-22(21-16)14-7-3-1-4-8-14/h1-10,13H,11-12H2,(H2,18,20,21,23). The Morgan fingerprint density at radius 3 is 2.50 bits per heavy atom. The molecule has 7 heteroatoms. The molecule has 0 aliphatic carbocycles. The van der Waals surface area contributed by atoms with E-state index in [4.69, 9.17) is 4.74 Å². The number of aromatic nitrogens is 3. The van der Waals surface area contributed by atoms with E-state index in [2.05, 4.69) is 20.7 Å². The van der Waals surface area contributed by atoms with Crippen molar-refractivity contribution in [1.29, 1.82) is 0 Å². The number of benzene rings is 2. The zero-order valence-electron chi connectivity index (χ0n) is 12.9. The van der Waals surface area contributed by atoms with Crippen molar-refractivity contribution < 1.29 is 9.53 Å². The van der Waals surface area contributed by atoms with Crippen LogP contribution in [0.5, 0.6) is 5.75 Å². The summed E-state index contributed by atoms with van der Waals surface area (Å²) < 4.78 is 7.08. The number of hydrogen-bond donors (Lipinski definition) is 2. The predicted octanol–water partition coefficient (Wildman–Crippen LogP) is 2.47. The molecule has 24 heavy (non-hydrogen) atoms. The Morgan fingerprint density at radius 2 is 1.75 bits per heavy atom. The molecule has 0 spiro atoms. The first-order valence-corrected chi connectivity index (χ1v) is 7.51. The van der Waals surface area contributed by atoms with E-state index in [0.717, 1.165) is 11.4 Å². The minimum atomic E-state index is -0.377. The minimum Gasteiger partial charge on any atom is -0.492 e. The highest BCUT2D eigenvalue weighted by molar-refractivity contribution is 5.87. The van der Waals surface area contributed by atoms with E-state index in [-0.39, 0.29) is 12.0 Å². The van der Waals surface area contributed by atoms with E-state index in [1.165, 1.54) is 0 Å². The van der Waals surface area contributed by atoms with Gasteiger partial charge in [-0.3, -0.25) is 5.32 Å². The summed E-state index contributed by atoms with van der Waals surface area (Å²) in [4.78, 5) is 15.9. The first kappa shape index (κ1) is 15.5. The normalized spacial score (nSPS) is 10.2. The van der Waals surface area contributed by atoms with Crippen LogP contribution < -0.4 is 15.4 Å². The summed E-state index contributed by atoms with van der Waals surface area (Å²) in [7, 11) is 0. The topological polar surface area (TPSA) is 81.1 Å². The van der Waals surface area contributed by atoms with Crippen molar-refractivity contribution >= 4 is 12.0 Å². The van der Waals surface area contributed by atoms with Crippen LogP contribution in [0.2, 0.25) is 0 Å². The molecule has 0 saturated carbocycles. The Kier molecular flexibility index (Phi) is 5.03. The van der Waals surface area contributed by atoms with Gasteiger partial charge in [-0.2, -0.15) is 4.98 Å². The van der Waals surface area contributed by atoms with Crippen molar-refractivity contribution in [3.63, 3.8) is 0 Å². The van der Waals surface area contributed by atoms with Gasteiger partial charge < -0.3 is 10.1 Å². The number of rotatable bonds is 6. The molecule has 2 amide bonds. The largest absolute Gasteiger partial charge is 0.492 e. The summed E-state index contributed by atoms with van der Waals surface area (Å²) in [5, 5.41) is 9.47. The monoisotopic (exact) mass is 323 g/mol. The molecule has 0 aliphatic heterocycles. The number of anilines is 1. The molecular weight excluding hydrogens is 306 g/mol. The smallest absolute Gasteiger partial charge is 0.321 e. The molecule has 0 aliphatic rings. The summed E-state index contributed by atoms with van der Waals surface area (Å²) >= 11 is 0. The molecule has 0 atom stereocenters. The van der Waals surface area contributed by atoms with Gasteiger partial charge in [-0.25, -0.2) is 9.48 Å². The number of nitrogens with one attached hydrogen (secondary N) is 2. The molecule has 0 unspecified atom stereocenters. The van der Waals surface area contributed by atoms with Gasteiger partial charge >= 0.3 is 6.03 Å². The molecule has 3 rings (SSSR count). The zero-order valence-corrected chi connectivity index (χ0v) is 12.9. The molecule has 2 aromatic carbocycles. The molecular formula is C17H17N5O2. The summed E-state index contributed by atoms with van der Waals surface area (Å²) in [5.41, 5.74) is 0.870. The minimum absolute atomic E-state index is 0.236. The zero-order chi connectivity index (χ0) is 16.6. The van der Waals surface area contributed by atoms with Gasteiger partial charge in [0.15, 0.2) is 0 Å². The molecule has 1 heterocycles. The van der Waals surface area contributed by atoms with E-state index < -0.39 is 0 Å². The van der Waals surface area contributed by atoms with Crippen LogP contribution in [-0.4, -0.2) is 33.9 Å². The van der Waals surface area contributed by atoms with Gasteiger partial charge in [-0.15, -0.1) is 5.10 Å². The fraction of sp³-hybridized carbons (Fsp3) is 0.118. The molecule has 0 saturated heterocycles. The lowest BCUT2D eigenvalue weighted by molar-refractivity contribution is 0.247. The first-order chi connectivity index (χ1) is 11.8. The summed E-state index contributed by atoms with van der Waals surface area (Å²) in [6.45, 7) is 0.753. The van der Waals surface area contributed by atoms with Gasteiger partial charge in [0, 0.05) is 0 Å². The van der Waals surface area contributed by atoms with Gasteiger partial charge in [-0.1, -0.05) is 36.4 Å². The second-order valence-corrected chi connectivity index (χ2v) is 4.89. The highest BCUT2D eigenvalue weighted by atomic mass is 16.5. The van der Waals surface area contributed by atoms with Crippen LogP contribution in [0.1, 0.15) is 0 Å². The maximum absolute atomic E-state index is 11.8. The third-order valence-electron chi connectivity index (χ3n) is 3.14. The number of urea groups is 1. The lowest BCUT2D eigenvalue weighted by Gasteiger charge is -2.07. The van der Waals surface area contributed by atoms with Crippen molar-refractivity contribution in [2.24, 2.45) is 0 Å². The van der Waals surface area contributed by atoms with E-state index in [0.29, 0.717) is 13.2 Å². The molecule has 3 aromatic rings. The average Bonchev–Trinajstić information content (AvgIpc) is 3.09. The summed E-state index contributed by atoms with van der Waals surface area (Å²) in [6.07, 6.45) is 1.55. The van der Waals surface area contributed by atoms with Crippen LogP contribution >= 0.6 is 0 Å². The van der Waals surface area contributed by atoms with Crippen molar-refractivity contribution in [3.05, 3.63) is 67.0 Å². The third kappa shape index (κ3) is 4.33. The highest BCUT2D eigenvalue weighted by Crippen LogP contribution is 2.08. The SMILES string of the molecule is O=C(NCCOc1ccccc1)Nc1ncn(-c2ccccc2)n1. The predicted molar refractivity (Wildman–Crippen MR) is 90.3 cm³/mol. The fourth-order valence-electron chi connectivity index (χ4n) is 2.02. The molecule has 0 fully saturated rings. The van der Waals surface area contributed by atoms with Gasteiger partial charge in [0.1, 0.15) is 18.7 Å². The Balaban J connectivity index is 1.43. The van der Waals surface area contributed by atoms with Crippen molar-refractivity contribution in [1.82, 2.24) is 20.1 Å². The van der Waals surface area contributed by atoms with Gasteiger partial charge in [0.2, 0.25) is 0 Å². The number of amides is 2. The van der Waals surface area contributed by atoms with E-state index in [1.54, 1.807) is 11.0 Å². The molecule has 122 valence electrons. The third-order valence-corrected chi connectivity index (χ3v) is 3.14. The maximum Gasteiger partial charge on any atom is 0.321 e. The van der Waals surface area contributed by atoms with Crippen molar-refractivity contribution in [2.75, 3.05) is 18.5 Å². The summed E-state index contributed by atoms with van der Waals surface area (Å²) in [5.74, 6) is 1.00. The van der Waals surface area contributed by atoms with Gasteiger partial charge in [-0.05, 0) is 24.3 Å². The van der Waals surface area contributed by atoms with Crippen LogP contribution in [0.3, 0.4) is 0 Å². The quantitative estimate of drug-likeness (QED) is 0.683. The Bertz CT molecular complexity index is 774. The number of nitrogens with zero attached hydrogens (tertiary/aromatic N) is 3.